The molecule has 1 saturated heterocycles. The van der Waals surface area contributed by atoms with Crippen LogP contribution in [0.5, 0.6) is 0 Å². The van der Waals surface area contributed by atoms with Gasteiger partial charge in [0.25, 0.3) is 5.91 Å². The molecule has 2 aromatic heterocycles. The molecule has 1 aliphatic rings. The Hall–Kier alpha value is -2.90. The number of rotatable bonds is 7. The lowest BCUT2D eigenvalue weighted by Gasteiger charge is -2.32. The second-order valence-electron chi connectivity index (χ2n) is 7.83. The second-order valence-corrected chi connectivity index (χ2v) is 7.83. The van der Waals surface area contributed by atoms with Crippen molar-refractivity contribution in [3.63, 3.8) is 0 Å². The molecule has 3 heterocycles. The molecule has 1 amide bonds. The Labute approximate surface area is 182 Å². The van der Waals surface area contributed by atoms with Gasteiger partial charge in [0.1, 0.15) is 11.5 Å². The van der Waals surface area contributed by atoms with E-state index in [4.69, 9.17) is 14.5 Å². The molecule has 0 spiro atoms. The maximum Gasteiger partial charge on any atom is 0.272 e. The van der Waals surface area contributed by atoms with E-state index in [1.165, 1.54) is 0 Å². The van der Waals surface area contributed by atoms with Crippen molar-refractivity contribution in [3.8, 4) is 0 Å². The van der Waals surface area contributed by atoms with Gasteiger partial charge < -0.3 is 14.4 Å². The normalized spacial score (nSPS) is 14.8. The average Bonchev–Trinajstić information content (AvgIpc) is 2.82. The van der Waals surface area contributed by atoms with Gasteiger partial charge in [0.15, 0.2) is 0 Å². The summed E-state index contributed by atoms with van der Waals surface area (Å²) in [7, 11) is 1.66. The highest BCUT2D eigenvalue weighted by atomic mass is 16.5. The number of benzene rings is 1. The number of ether oxygens (including phenoxy) is 2. The molecule has 31 heavy (non-hydrogen) atoms. The number of para-hydroxylation sites is 1. The van der Waals surface area contributed by atoms with Gasteiger partial charge >= 0.3 is 0 Å². The van der Waals surface area contributed by atoms with Gasteiger partial charge in [-0.25, -0.2) is 15.0 Å². The lowest BCUT2D eigenvalue weighted by molar-refractivity contribution is 0.0604. The number of amides is 1. The number of pyridine rings is 1. The molecule has 1 aliphatic heterocycles. The third-order valence-corrected chi connectivity index (χ3v) is 5.69. The van der Waals surface area contributed by atoms with Crippen LogP contribution < -0.4 is 0 Å². The van der Waals surface area contributed by atoms with Crippen molar-refractivity contribution in [3.05, 3.63) is 65.4 Å². The first-order valence-electron chi connectivity index (χ1n) is 10.7. The van der Waals surface area contributed by atoms with Crippen LogP contribution in [0.1, 0.15) is 46.3 Å². The highest BCUT2D eigenvalue weighted by Crippen LogP contribution is 2.30. The number of methoxy groups -OCH3 is 1. The van der Waals surface area contributed by atoms with Gasteiger partial charge in [-0.1, -0.05) is 24.3 Å². The minimum Gasteiger partial charge on any atom is -0.382 e. The Morgan fingerprint density at radius 1 is 1.10 bits per heavy atom. The minimum atomic E-state index is -0.00815. The smallest absolute Gasteiger partial charge is 0.272 e. The quantitative estimate of drug-likeness (QED) is 0.545. The van der Waals surface area contributed by atoms with Crippen molar-refractivity contribution in [1.82, 2.24) is 19.9 Å². The molecule has 1 aromatic carbocycles. The number of carbonyl (C=O) groups excluding carboxylic acids is 1. The molecule has 0 aliphatic carbocycles. The van der Waals surface area contributed by atoms with Crippen LogP contribution in [-0.2, 0) is 16.1 Å². The predicted octanol–water partition coefficient (Wildman–Crippen LogP) is 3.52. The first-order valence-corrected chi connectivity index (χ1v) is 10.7. The third kappa shape index (κ3) is 5.06. The van der Waals surface area contributed by atoms with Crippen molar-refractivity contribution in [1.29, 1.82) is 0 Å². The molecule has 1 fully saturated rings. The van der Waals surface area contributed by atoms with E-state index in [0.29, 0.717) is 38.6 Å². The molecule has 0 atom stereocenters. The van der Waals surface area contributed by atoms with E-state index in [9.17, 15) is 4.79 Å². The zero-order valence-corrected chi connectivity index (χ0v) is 18.1. The van der Waals surface area contributed by atoms with Crippen LogP contribution in [0, 0.1) is 6.92 Å². The zero-order chi connectivity index (χ0) is 21.6. The van der Waals surface area contributed by atoms with E-state index in [1.807, 2.05) is 54.4 Å². The lowest BCUT2D eigenvalue weighted by Crippen LogP contribution is -2.38. The summed E-state index contributed by atoms with van der Waals surface area (Å²) in [5, 5.41) is 1.04. The van der Waals surface area contributed by atoms with Gasteiger partial charge in [-0.2, -0.15) is 0 Å². The van der Waals surface area contributed by atoms with Gasteiger partial charge in [-0.3, -0.25) is 4.79 Å². The van der Waals surface area contributed by atoms with Crippen LogP contribution >= 0.6 is 0 Å². The summed E-state index contributed by atoms with van der Waals surface area (Å²) < 4.78 is 10.7. The van der Waals surface area contributed by atoms with Crippen molar-refractivity contribution in [2.75, 3.05) is 33.4 Å². The lowest BCUT2D eigenvalue weighted by atomic mass is 9.90. The number of fused-ring (bicyclic) bond motifs is 1. The summed E-state index contributed by atoms with van der Waals surface area (Å²) in [4.78, 5) is 28.5. The summed E-state index contributed by atoms with van der Waals surface area (Å²) >= 11 is 0. The molecule has 7 nitrogen and oxygen atoms in total. The third-order valence-electron chi connectivity index (χ3n) is 5.69. The van der Waals surface area contributed by atoms with Crippen molar-refractivity contribution in [2.45, 2.75) is 32.3 Å². The molecule has 0 unspecified atom stereocenters. The van der Waals surface area contributed by atoms with Crippen molar-refractivity contribution < 1.29 is 14.3 Å². The van der Waals surface area contributed by atoms with E-state index < -0.39 is 0 Å². The fourth-order valence-corrected chi connectivity index (χ4v) is 4.00. The molecule has 0 radical (unpaired) electrons. The second kappa shape index (κ2) is 9.94. The number of hydrogen-bond acceptors (Lipinski definition) is 6. The predicted molar refractivity (Wildman–Crippen MR) is 118 cm³/mol. The highest BCUT2D eigenvalue weighted by molar-refractivity contribution is 5.95. The van der Waals surface area contributed by atoms with Gasteiger partial charge in [-0.15, -0.1) is 0 Å². The Bertz CT molecular complexity index is 1050. The summed E-state index contributed by atoms with van der Waals surface area (Å²) in [5.41, 5.74) is 3.41. The SMILES string of the molecule is COCCOCc1cnc(C)nc1C1CCN(C(=O)c2ccc3ccccc3n2)CC1. The Balaban J connectivity index is 1.42. The topological polar surface area (TPSA) is 77.4 Å². The van der Waals surface area contributed by atoms with Gasteiger partial charge in [0.05, 0.1) is 31.0 Å². The molecule has 4 rings (SSSR count). The van der Waals surface area contributed by atoms with E-state index in [2.05, 4.69) is 9.97 Å². The van der Waals surface area contributed by atoms with E-state index >= 15 is 0 Å². The van der Waals surface area contributed by atoms with E-state index in [1.54, 1.807) is 7.11 Å². The first-order chi connectivity index (χ1) is 15.2. The summed E-state index contributed by atoms with van der Waals surface area (Å²) in [6.07, 6.45) is 3.59. The van der Waals surface area contributed by atoms with Crippen LogP contribution in [0.25, 0.3) is 10.9 Å². The molecular formula is C24H28N4O3. The van der Waals surface area contributed by atoms with Gasteiger partial charge in [-0.05, 0) is 31.9 Å². The minimum absolute atomic E-state index is 0.00815. The van der Waals surface area contributed by atoms with Crippen molar-refractivity contribution in [2.24, 2.45) is 0 Å². The summed E-state index contributed by atoms with van der Waals surface area (Å²) in [6, 6.07) is 11.6. The van der Waals surface area contributed by atoms with Crippen LogP contribution in [0.2, 0.25) is 0 Å². The Morgan fingerprint density at radius 3 is 2.71 bits per heavy atom. The van der Waals surface area contributed by atoms with Crippen LogP contribution in [-0.4, -0.2) is 59.2 Å². The van der Waals surface area contributed by atoms with E-state index in [0.717, 1.165) is 40.8 Å². The Morgan fingerprint density at radius 2 is 1.90 bits per heavy atom. The Kier molecular flexibility index (Phi) is 6.84. The number of aromatic nitrogens is 3. The number of hydrogen-bond donors (Lipinski definition) is 0. The summed E-state index contributed by atoms with van der Waals surface area (Å²) in [5.74, 6) is 1.04. The largest absolute Gasteiger partial charge is 0.382 e. The zero-order valence-electron chi connectivity index (χ0n) is 18.1. The maximum atomic E-state index is 13.0. The molecule has 162 valence electrons. The molecule has 7 heteroatoms. The van der Waals surface area contributed by atoms with Gasteiger partial charge in [0, 0.05) is 43.3 Å². The number of piperidine rings is 1. The summed E-state index contributed by atoms with van der Waals surface area (Å²) in [6.45, 7) is 4.85. The number of nitrogens with zero attached hydrogens (tertiary/aromatic N) is 4. The van der Waals surface area contributed by atoms with Gasteiger partial charge in [0.2, 0.25) is 0 Å². The number of likely N-dealkylation sites (tertiary alicyclic amines) is 1. The molecule has 0 saturated carbocycles. The van der Waals surface area contributed by atoms with Crippen LogP contribution in [0.15, 0.2) is 42.6 Å². The molecule has 0 bridgehead atoms. The van der Waals surface area contributed by atoms with E-state index in [-0.39, 0.29) is 11.8 Å². The first kappa shape index (κ1) is 21.3. The standard InChI is InChI=1S/C24H28N4O3/c1-17-25-15-20(16-31-14-13-30-2)23(26-17)19-9-11-28(12-10-19)24(29)22-8-7-18-5-3-4-6-21(18)27-22/h3-8,15,19H,9-14,16H2,1-2H3. The fourth-order valence-electron chi connectivity index (χ4n) is 4.00. The average molecular weight is 421 g/mol. The fraction of sp³-hybridized carbons (Fsp3) is 0.417. The monoisotopic (exact) mass is 420 g/mol. The van der Waals surface area contributed by atoms with Crippen LogP contribution in [0.4, 0.5) is 0 Å². The van der Waals surface area contributed by atoms with Crippen LogP contribution in [0.3, 0.4) is 0 Å². The molecule has 3 aromatic rings. The van der Waals surface area contributed by atoms with Crippen molar-refractivity contribution >= 4 is 16.8 Å². The number of aryl methyl sites for hydroxylation is 1. The maximum absolute atomic E-state index is 13.0. The highest BCUT2D eigenvalue weighted by Gasteiger charge is 2.27. The molecule has 0 N–H and O–H groups in total. The number of carbonyl (C=O) groups is 1. The molecular weight excluding hydrogens is 392 g/mol.